The fourth-order valence-corrected chi connectivity index (χ4v) is 10.4. The molecule has 2 aromatic carbocycles. The molecule has 0 aromatic heterocycles. The number of hydrogen-bond acceptors (Lipinski definition) is 9. The molecule has 6 aliphatic rings. The number of aliphatic hydroxyl groups excluding tert-OH is 2. The molecule has 6 saturated heterocycles. The van der Waals surface area contributed by atoms with E-state index in [2.05, 4.69) is 4.85 Å². The summed E-state index contributed by atoms with van der Waals surface area (Å²) in [6.45, 7) is 13.2. The molecule has 0 saturated carbocycles. The van der Waals surface area contributed by atoms with Gasteiger partial charge in [0.2, 0.25) is 23.6 Å². The Morgan fingerprint density at radius 3 is 1.50 bits per heavy atom. The molecule has 2 N–H and O–H groups in total. The molecule has 6 aliphatic heterocycles. The number of halogens is 6. The van der Waals surface area contributed by atoms with Crippen molar-refractivity contribution in [1.29, 1.82) is 5.26 Å². The standard InChI is InChI=1S/2C19H17F3N2O4/c1-17-7-9(8-25)18(2,28-17)14-13(17)15(26)24(16(14)27)10-4-5-12(23-3)11(6-10)19(20,21)22;1-17-6-10(8-25)18(2,28-17)14-13(17)15(26)24(16(14)27)11-4-3-9(7-23)12(5-11)19(20,21)22/h4-6,9,13-14,25H,7-8H2,1-2H3;3-5,10,13-14,25H,6,8H2,1-2H3/t9-,13+,14-,17?,18?;10-,13+,14-,17?,18?/m01/s1. The second kappa shape index (κ2) is 12.3. The average Bonchev–Trinajstić information content (AvgIpc) is 3.87. The van der Waals surface area contributed by atoms with Gasteiger partial charge in [0.15, 0.2) is 5.69 Å². The zero-order valence-corrected chi connectivity index (χ0v) is 30.2. The van der Waals surface area contributed by atoms with Crippen molar-refractivity contribution in [3.8, 4) is 6.07 Å². The fourth-order valence-electron chi connectivity index (χ4n) is 10.4. The lowest BCUT2D eigenvalue weighted by Gasteiger charge is -2.34. The van der Waals surface area contributed by atoms with Crippen LogP contribution in [0.2, 0.25) is 0 Å². The number of nitriles is 1. The van der Waals surface area contributed by atoms with E-state index in [1.165, 1.54) is 18.2 Å². The molecular weight excluding hydrogens is 754 g/mol. The number of benzene rings is 2. The molecule has 10 atom stereocenters. The van der Waals surface area contributed by atoms with Gasteiger partial charge in [-0.05, 0) is 70.9 Å². The Hall–Kier alpha value is -4.88. The zero-order chi connectivity index (χ0) is 41.3. The molecule has 0 spiro atoms. The summed E-state index contributed by atoms with van der Waals surface area (Å²) in [7, 11) is 0. The number of carbonyl (C=O) groups excluding carboxylic acids is 4. The van der Waals surface area contributed by atoms with Crippen LogP contribution in [0.15, 0.2) is 36.4 Å². The van der Waals surface area contributed by atoms with Crippen molar-refractivity contribution in [2.75, 3.05) is 23.0 Å². The van der Waals surface area contributed by atoms with Gasteiger partial charge in [0, 0.05) is 30.7 Å². The molecule has 4 unspecified atom stereocenters. The summed E-state index contributed by atoms with van der Waals surface area (Å²) in [5.41, 5.74) is -8.05. The highest BCUT2D eigenvalue weighted by molar-refractivity contribution is 6.24. The first kappa shape index (κ1) is 39.4. The van der Waals surface area contributed by atoms with Gasteiger partial charge in [-0.1, -0.05) is 6.07 Å². The summed E-state index contributed by atoms with van der Waals surface area (Å²) in [5.74, 6) is -6.57. The number of ether oxygens (including phenoxy) is 2. The molecule has 0 radical (unpaired) electrons. The van der Waals surface area contributed by atoms with E-state index in [1.807, 2.05) is 0 Å². The van der Waals surface area contributed by atoms with Crippen molar-refractivity contribution in [2.45, 2.75) is 75.3 Å². The Morgan fingerprint density at radius 2 is 1.12 bits per heavy atom. The molecule has 4 amide bonds. The number of aliphatic hydroxyl groups is 2. The number of alkyl halides is 6. The highest BCUT2D eigenvalue weighted by Crippen LogP contribution is 2.64. The molecule has 6 fully saturated rings. The Balaban J connectivity index is 0.000000172. The molecule has 8 rings (SSSR count). The van der Waals surface area contributed by atoms with Gasteiger partial charge in [0.1, 0.15) is 0 Å². The van der Waals surface area contributed by atoms with Gasteiger partial charge in [-0.15, -0.1) is 0 Å². The zero-order valence-electron chi connectivity index (χ0n) is 30.2. The van der Waals surface area contributed by atoms with Crippen LogP contribution in [-0.4, -0.2) is 69.5 Å². The van der Waals surface area contributed by atoms with Crippen molar-refractivity contribution in [2.24, 2.45) is 35.5 Å². The summed E-state index contributed by atoms with van der Waals surface area (Å²) in [4.78, 5) is 56.8. The van der Waals surface area contributed by atoms with E-state index in [0.717, 1.165) is 21.9 Å². The minimum Gasteiger partial charge on any atom is -0.396 e. The second-order valence-corrected chi connectivity index (χ2v) is 15.9. The predicted octanol–water partition coefficient (Wildman–Crippen LogP) is 5.16. The molecular formula is C38H34F6N4O8. The van der Waals surface area contributed by atoms with E-state index in [1.54, 1.807) is 27.7 Å². The highest BCUT2D eigenvalue weighted by Gasteiger charge is 2.76. The van der Waals surface area contributed by atoms with E-state index in [4.69, 9.17) is 21.3 Å². The number of amides is 4. The summed E-state index contributed by atoms with van der Waals surface area (Å²) in [5, 5.41) is 28.3. The molecule has 296 valence electrons. The van der Waals surface area contributed by atoms with Crippen LogP contribution in [0.1, 0.15) is 57.2 Å². The van der Waals surface area contributed by atoms with E-state index in [-0.39, 0.29) is 36.4 Å². The third kappa shape index (κ3) is 5.25. The summed E-state index contributed by atoms with van der Waals surface area (Å²) in [6.07, 6.45) is -8.82. The number of fused-ring (bicyclic) bond motifs is 10. The van der Waals surface area contributed by atoms with Gasteiger partial charge >= 0.3 is 12.4 Å². The number of rotatable bonds is 4. The van der Waals surface area contributed by atoms with Crippen LogP contribution < -0.4 is 9.80 Å². The van der Waals surface area contributed by atoms with Gasteiger partial charge in [-0.25, -0.2) is 14.6 Å². The SMILES string of the molecule is CC12C[C@H](CO)C(C)(O1)[C@H]1C(=O)N(c3ccc(C#N)c(C(F)(F)F)c3)C(=O)[C@H]12.[C-]#[N+]c1ccc(N2C(=O)[C@@H]3[C@H](C2=O)C2(C)C[C@@H](CO)C3(C)O2)cc1C(F)(F)F. The second-order valence-electron chi connectivity index (χ2n) is 15.9. The Labute approximate surface area is 315 Å². The number of hydrogen-bond donors (Lipinski definition) is 2. The van der Waals surface area contributed by atoms with Crippen molar-refractivity contribution >= 4 is 40.7 Å². The monoisotopic (exact) mass is 788 g/mol. The fraction of sp³-hybridized carbons (Fsp3) is 0.526. The largest absolute Gasteiger partial charge is 0.417 e. The van der Waals surface area contributed by atoms with E-state index < -0.39 is 104 Å². The van der Waals surface area contributed by atoms with Crippen LogP contribution >= 0.6 is 0 Å². The minimum absolute atomic E-state index is 0.212. The van der Waals surface area contributed by atoms with Gasteiger partial charge < -0.3 is 19.7 Å². The number of anilines is 2. The van der Waals surface area contributed by atoms with E-state index in [0.29, 0.717) is 25.0 Å². The third-order valence-corrected chi connectivity index (χ3v) is 12.8. The minimum atomic E-state index is -4.80. The van der Waals surface area contributed by atoms with Crippen LogP contribution in [-0.2, 0) is 41.0 Å². The van der Waals surface area contributed by atoms with Gasteiger partial charge in [0.05, 0.1) is 81.1 Å². The Bertz CT molecular complexity index is 2030. The number of nitrogens with zero attached hydrogens (tertiary/aromatic N) is 4. The van der Waals surface area contributed by atoms with Crippen molar-refractivity contribution < 1.29 is 65.2 Å². The first-order valence-corrected chi connectivity index (χ1v) is 17.5. The molecule has 0 aliphatic carbocycles. The maximum atomic E-state index is 13.3. The van der Waals surface area contributed by atoms with Gasteiger partial charge in [0.25, 0.3) is 0 Å². The normalized spacial score (nSPS) is 36.8. The average molecular weight is 789 g/mol. The molecule has 4 bridgehead atoms. The van der Waals surface area contributed by atoms with Crippen molar-refractivity contribution in [1.82, 2.24) is 0 Å². The van der Waals surface area contributed by atoms with E-state index in [9.17, 15) is 55.7 Å². The number of carbonyl (C=O) groups is 4. The lowest BCUT2D eigenvalue weighted by molar-refractivity contribution is -0.138. The van der Waals surface area contributed by atoms with Crippen LogP contribution in [0.25, 0.3) is 4.85 Å². The molecule has 56 heavy (non-hydrogen) atoms. The molecule has 18 heteroatoms. The van der Waals surface area contributed by atoms with Crippen LogP contribution in [0, 0.1) is 53.4 Å². The summed E-state index contributed by atoms with van der Waals surface area (Å²) >= 11 is 0. The maximum absolute atomic E-state index is 13.3. The lowest BCUT2D eigenvalue weighted by atomic mass is 9.64. The summed E-state index contributed by atoms with van der Waals surface area (Å²) < 4.78 is 91.8. The molecule has 2 aromatic rings. The first-order chi connectivity index (χ1) is 26.0. The van der Waals surface area contributed by atoms with Gasteiger partial charge in [-0.2, -0.15) is 31.6 Å². The number of imide groups is 2. The third-order valence-electron chi connectivity index (χ3n) is 12.8. The Morgan fingerprint density at radius 1 is 0.732 bits per heavy atom. The molecule has 12 nitrogen and oxygen atoms in total. The molecule has 6 heterocycles. The summed E-state index contributed by atoms with van der Waals surface area (Å²) in [6, 6.07) is 7.07. The Kier molecular flexibility index (Phi) is 8.65. The maximum Gasteiger partial charge on any atom is 0.417 e. The lowest BCUT2D eigenvalue weighted by Crippen LogP contribution is -2.47. The highest BCUT2D eigenvalue weighted by atomic mass is 19.4. The van der Waals surface area contributed by atoms with Crippen LogP contribution in [0.5, 0.6) is 0 Å². The topological polar surface area (TPSA) is 162 Å². The van der Waals surface area contributed by atoms with Crippen molar-refractivity contribution in [3.63, 3.8) is 0 Å². The van der Waals surface area contributed by atoms with Crippen LogP contribution in [0.4, 0.5) is 43.4 Å². The van der Waals surface area contributed by atoms with Crippen molar-refractivity contribution in [3.05, 3.63) is 64.5 Å². The predicted molar refractivity (Wildman–Crippen MR) is 179 cm³/mol. The first-order valence-electron chi connectivity index (χ1n) is 17.5. The quantitative estimate of drug-likeness (QED) is 0.242. The van der Waals surface area contributed by atoms with Gasteiger partial charge in [-0.3, -0.25) is 19.2 Å². The van der Waals surface area contributed by atoms with Crippen LogP contribution in [0.3, 0.4) is 0 Å². The smallest absolute Gasteiger partial charge is 0.396 e. The van der Waals surface area contributed by atoms with E-state index >= 15 is 0 Å².